The van der Waals surface area contributed by atoms with Crippen LogP contribution >= 0.6 is 11.8 Å². The molecule has 0 heterocycles. The third kappa shape index (κ3) is 3.58. The maximum Gasteiger partial charge on any atom is 0.139 e. The van der Waals surface area contributed by atoms with Gasteiger partial charge in [0.1, 0.15) is 11.6 Å². The lowest BCUT2D eigenvalue weighted by molar-refractivity contribution is 0.565. The second-order valence-electron chi connectivity index (χ2n) is 4.85. The van der Waals surface area contributed by atoms with Crippen molar-refractivity contribution in [2.45, 2.75) is 24.8 Å². The Kier molecular flexibility index (Phi) is 4.78. The highest BCUT2D eigenvalue weighted by Gasteiger charge is 2.11. The van der Waals surface area contributed by atoms with Crippen molar-refractivity contribution in [2.24, 2.45) is 5.73 Å². The summed E-state index contributed by atoms with van der Waals surface area (Å²) in [7, 11) is 0. The third-order valence-corrected chi connectivity index (χ3v) is 4.30. The zero-order valence-electron chi connectivity index (χ0n) is 11.5. The first-order valence-electron chi connectivity index (χ1n) is 6.38. The molecule has 0 saturated heterocycles. The average molecular weight is 293 g/mol. The van der Waals surface area contributed by atoms with E-state index in [1.54, 1.807) is 0 Å². The molecule has 0 aliphatic carbocycles. The second kappa shape index (κ2) is 6.37. The number of aryl methyl sites for hydroxylation is 2. The van der Waals surface area contributed by atoms with Gasteiger partial charge < -0.3 is 5.73 Å². The van der Waals surface area contributed by atoms with Crippen LogP contribution in [0.4, 0.5) is 8.78 Å². The molecular weight excluding hydrogens is 276 g/mol. The van der Waals surface area contributed by atoms with Gasteiger partial charge in [0.15, 0.2) is 0 Å². The molecule has 0 spiro atoms. The SMILES string of the molecule is Cc1ccc(C(N)CSc2ccc(F)cc2F)c(C)c1. The zero-order chi connectivity index (χ0) is 14.7. The van der Waals surface area contributed by atoms with Gasteiger partial charge in [-0.05, 0) is 37.1 Å². The molecule has 0 amide bonds. The van der Waals surface area contributed by atoms with Crippen LogP contribution in [0.5, 0.6) is 0 Å². The van der Waals surface area contributed by atoms with Gasteiger partial charge in [0.05, 0.1) is 0 Å². The van der Waals surface area contributed by atoms with E-state index in [9.17, 15) is 8.78 Å². The topological polar surface area (TPSA) is 26.0 Å². The van der Waals surface area contributed by atoms with Crippen LogP contribution in [0.3, 0.4) is 0 Å². The van der Waals surface area contributed by atoms with E-state index in [1.165, 1.54) is 29.5 Å². The van der Waals surface area contributed by atoms with Crippen LogP contribution in [0.25, 0.3) is 0 Å². The quantitative estimate of drug-likeness (QED) is 0.847. The molecule has 20 heavy (non-hydrogen) atoms. The third-order valence-electron chi connectivity index (χ3n) is 3.14. The van der Waals surface area contributed by atoms with Crippen LogP contribution in [-0.4, -0.2) is 5.75 Å². The van der Waals surface area contributed by atoms with E-state index in [0.29, 0.717) is 10.6 Å². The fourth-order valence-corrected chi connectivity index (χ4v) is 3.00. The van der Waals surface area contributed by atoms with Crippen LogP contribution in [0, 0.1) is 25.5 Å². The molecular formula is C16H17F2NS. The number of hydrogen-bond donors (Lipinski definition) is 1. The van der Waals surface area contributed by atoms with Gasteiger partial charge in [-0.1, -0.05) is 23.8 Å². The molecule has 0 radical (unpaired) electrons. The van der Waals surface area contributed by atoms with E-state index in [2.05, 4.69) is 6.07 Å². The van der Waals surface area contributed by atoms with Crippen molar-refractivity contribution in [2.75, 3.05) is 5.75 Å². The number of benzene rings is 2. The van der Waals surface area contributed by atoms with Crippen LogP contribution in [0.15, 0.2) is 41.3 Å². The summed E-state index contributed by atoms with van der Waals surface area (Å²) in [6.45, 7) is 4.05. The van der Waals surface area contributed by atoms with Crippen LogP contribution in [0.1, 0.15) is 22.7 Å². The Morgan fingerprint density at radius 2 is 1.85 bits per heavy atom. The van der Waals surface area contributed by atoms with E-state index < -0.39 is 11.6 Å². The lowest BCUT2D eigenvalue weighted by Crippen LogP contribution is -2.14. The van der Waals surface area contributed by atoms with Crippen molar-refractivity contribution in [1.29, 1.82) is 0 Å². The molecule has 106 valence electrons. The Hall–Kier alpha value is -1.39. The molecule has 4 heteroatoms. The molecule has 0 aromatic heterocycles. The normalized spacial score (nSPS) is 12.4. The summed E-state index contributed by atoms with van der Waals surface area (Å²) in [4.78, 5) is 0.423. The van der Waals surface area contributed by atoms with Crippen LogP contribution < -0.4 is 5.73 Å². The predicted molar refractivity (Wildman–Crippen MR) is 79.9 cm³/mol. The summed E-state index contributed by atoms with van der Waals surface area (Å²) >= 11 is 1.30. The summed E-state index contributed by atoms with van der Waals surface area (Å²) in [6, 6.07) is 9.54. The molecule has 0 bridgehead atoms. The summed E-state index contributed by atoms with van der Waals surface area (Å²) in [5.74, 6) is -0.555. The Morgan fingerprint density at radius 1 is 1.10 bits per heavy atom. The monoisotopic (exact) mass is 293 g/mol. The predicted octanol–water partition coefficient (Wildman–Crippen LogP) is 4.37. The van der Waals surface area contributed by atoms with E-state index in [4.69, 9.17) is 5.73 Å². The Balaban J connectivity index is 2.06. The van der Waals surface area contributed by atoms with Gasteiger partial charge in [0.2, 0.25) is 0 Å². The fraction of sp³-hybridized carbons (Fsp3) is 0.250. The maximum absolute atomic E-state index is 13.5. The molecule has 1 atom stereocenters. The molecule has 1 unspecified atom stereocenters. The number of rotatable bonds is 4. The van der Waals surface area contributed by atoms with Gasteiger partial charge in [-0.2, -0.15) is 0 Å². The highest BCUT2D eigenvalue weighted by atomic mass is 32.2. The fourth-order valence-electron chi connectivity index (χ4n) is 2.10. The summed E-state index contributed by atoms with van der Waals surface area (Å²) in [6.07, 6.45) is 0. The first-order valence-corrected chi connectivity index (χ1v) is 7.36. The number of halogens is 2. The van der Waals surface area contributed by atoms with Crippen molar-refractivity contribution < 1.29 is 8.78 Å². The number of thioether (sulfide) groups is 1. The molecule has 2 aromatic carbocycles. The number of nitrogens with two attached hydrogens (primary N) is 1. The number of hydrogen-bond acceptors (Lipinski definition) is 2. The summed E-state index contributed by atoms with van der Waals surface area (Å²) in [5.41, 5.74) is 9.54. The van der Waals surface area contributed by atoms with Crippen molar-refractivity contribution in [1.82, 2.24) is 0 Å². The van der Waals surface area contributed by atoms with Gasteiger partial charge >= 0.3 is 0 Å². The Bertz CT molecular complexity index is 613. The Morgan fingerprint density at radius 3 is 2.50 bits per heavy atom. The van der Waals surface area contributed by atoms with E-state index in [-0.39, 0.29) is 6.04 Å². The first-order chi connectivity index (χ1) is 9.47. The minimum absolute atomic E-state index is 0.176. The lowest BCUT2D eigenvalue weighted by atomic mass is 10.0. The van der Waals surface area contributed by atoms with Gasteiger partial charge in [0, 0.05) is 22.8 Å². The van der Waals surface area contributed by atoms with Crippen molar-refractivity contribution in [3.63, 3.8) is 0 Å². The zero-order valence-corrected chi connectivity index (χ0v) is 12.3. The van der Waals surface area contributed by atoms with E-state index in [1.807, 2.05) is 26.0 Å². The highest BCUT2D eigenvalue weighted by Crippen LogP contribution is 2.27. The lowest BCUT2D eigenvalue weighted by Gasteiger charge is -2.15. The minimum atomic E-state index is -0.564. The van der Waals surface area contributed by atoms with Crippen LogP contribution in [0.2, 0.25) is 0 Å². The molecule has 2 N–H and O–H groups in total. The molecule has 1 nitrogen and oxygen atoms in total. The average Bonchev–Trinajstić information content (AvgIpc) is 2.37. The minimum Gasteiger partial charge on any atom is -0.323 e. The molecule has 0 aliphatic rings. The van der Waals surface area contributed by atoms with E-state index in [0.717, 1.165) is 17.2 Å². The van der Waals surface area contributed by atoms with Crippen molar-refractivity contribution in [3.8, 4) is 0 Å². The molecule has 0 fully saturated rings. The summed E-state index contributed by atoms with van der Waals surface area (Å²) in [5, 5.41) is 0. The standard InChI is InChI=1S/C16H17F2NS/c1-10-3-5-13(11(2)7-10)15(19)9-20-16-6-4-12(17)8-14(16)18/h3-8,15H,9,19H2,1-2H3. The first kappa shape index (κ1) is 15.0. The maximum atomic E-state index is 13.5. The van der Waals surface area contributed by atoms with Gasteiger partial charge in [-0.3, -0.25) is 0 Å². The van der Waals surface area contributed by atoms with E-state index >= 15 is 0 Å². The van der Waals surface area contributed by atoms with Gasteiger partial charge in [-0.15, -0.1) is 11.8 Å². The van der Waals surface area contributed by atoms with Gasteiger partial charge in [0.25, 0.3) is 0 Å². The highest BCUT2D eigenvalue weighted by molar-refractivity contribution is 7.99. The van der Waals surface area contributed by atoms with Crippen LogP contribution in [-0.2, 0) is 0 Å². The summed E-state index contributed by atoms with van der Waals surface area (Å²) < 4.78 is 26.4. The molecule has 0 aliphatic heterocycles. The molecule has 0 saturated carbocycles. The van der Waals surface area contributed by atoms with Gasteiger partial charge in [-0.25, -0.2) is 8.78 Å². The molecule has 2 aromatic rings. The molecule has 2 rings (SSSR count). The largest absolute Gasteiger partial charge is 0.323 e. The second-order valence-corrected chi connectivity index (χ2v) is 5.91. The van der Waals surface area contributed by atoms with Crippen molar-refractivity contribution in [3.05, 3.63) is 64.7 Å². The smallest absolute Gasteiger partial charge is 0.139 e. The Labute approximate surface area is 122 Å². The van der Waals surface area contributed by atoms with Crippen molar-refractivity contribution >= 4 is 11.8 Å².